The summed E-state index contributed by atoms with van der Waals surface area (Å²) in [4.78, 5) is 34.5. The van der Waals surface area contributed by atoms with Crippen LogP contribution >= 0.6 is 0 Å². The van der Waals surface area contributed by atoms with Gasteiger partial charge in [0, 0.05) is 23.1 Å². The van der Waals surface area contributed by atoms with Crippen molar-refractivity contribution in [1.29, 1.82) is 0 Å². The van der Waals surface area contributed by atoms with E-state index in [4.69, 9.17) is 0 Å². The van der Waals surface area contributed by atoms with Crippen LogP contribution in [0.15, 0.2) is 72.4 Å². The highest BCUT2D eigenvalue weighted by Gasteiger charge is 2.24. The van der Waals surface area contributed by atoms with Crippen LogP contribution in [0.2, 0.25) is 0 Å². The third-order valence-corrected chi connectivity index (χ3v) is 3.00. The van der Waals surface area contributed by atoms with E-state index in [2.05, 4.69) is 13.2 Å². The van der Waals surface area contributed by atoms with Gasteiger partial charge in [0.05, 0.1) is 0 Å². The molecule has 0 aromatic rings. The van der Waals surface area contributed by atoms with Crippen LogP contribution in [0.4, 0.5) is 0 Å². The highest BCUT2D eigenvalue weighted by Crippen LogP contribution is 2.26. The van der Waals surface area contributed by atoms with Gasteiger partial charge in [-0.05, 0) is 17.7 Å². The maximum absolute atomic E-state index is 12.2. The predicted octanol–water partition coefficient (Wildman–Crippen LogP) is 2.04. The van der Waals surface area contributed by atoms with Crippen molar-refractivity contribution in [2.45, 2.75) is 0 Å². The fourth-order valence-corrected chi connectivity index (χ4v) is 1.90. The van der Waals surface area contributed by atoms with E-state index in [-0.39, 0.29) is 17.3 Å². The van der Waals surface area contributed by atoms with Crippen molar-refractivity contribution < 1.29 is 14.4 Å². The minimum absolute atomic E-state index is 0.186. The van der Waals surface area contributed by atoms with E-state index < -0.39 is 11.6 Å². The monoisotopic (exact) mass is 252 g/mol. The molecule has 0 bridgehead atoms. The van der Waals surface area contributed by atoms with E-state index in [1.165, 1.54) is 6.08 Å². The molecule has 0 fully saturated rings. The Balaban J connectivity index is 2.22. The average Bonchev–Trinajstić information content (AvgIpc) is 2.41. The maximum Gasteiger partial charge on any atom is 0.226 e. The van der Waals surface area contributed by atoms with Crippen LogP contribution in [0.25, 0.3) is 0 Å². The summed E-state index contributed by atoms with van der Waals surface area (Å²) in [5, 5.41) is 0. The first-order valence-corrected chi connectivity index (χ1v) is 5.76. The van der Waals surface area contributed by atoms with Gasteiger partial charge in [-0.25, -0.2) is 0 Å². The first-order valence-electron chi connectivity index (χ1n) is 5.76. The first kappa shape index (κ1) is 12.9. The van der Waals surface area contributed by atoms with Gasteiger partial charge >= 0.3 is 0 Å². The lowest BCUT2D eigenvalue weighted by atomic mass is 9.84. The molecule has 2 aliphatic carbocycles. The van der Waals surface area contributed by atoms with Crippen LogP contribution in [0.5, 0.6) is 0 Å². The van der Waals surface area contributed by atoms with Crippen LogP contribution in [0, 0.1) is 5.92 Å². The number of ketones is 3. The zero-order valence-corrected chi connectivity index (χ0v) is 10.3. The summed E-state index contributed by atoms with van der Waals surface area (Å²) in [6.45, 7) is 7.64. The maximum atomic E-state index is 12.2. The number of hydrogen-bond acceptors (Lipinski definition) is 3. The second kappa shape index (κ2) is 4.98. The second-order valence-electron chi connectivity index (χ2n) is 4.31. The Bertz CT molecular complexity index is 624. The lowest BCUT2D eigenvalue weighted by Gasteiger charge is -2.18. The van der Waals surface area contributed by atoms with Crippen molar-refractivity contribution in [3.63, 3.8) is 0 Å². The summed E-state index contributed by atoms with van der Waals surface area (Å²) in [6.07, 6.45) is 10.8. The molecule has 1 unspecified atom stereocenters. The van der Waals surface area contributed by atoms with Gasteiger partial charge in [-0.15, -0.1) is 0 Å². The third kappa shape index (κ3) is 2.50. The Hall–Kier alpha value is -2.55. The Morgan fingerprint density at radius 2 is 1.79 bits per heavy atom. The standard InChI is InChI=1S/C16H12O3/c1-10-5-3-4-6-13(10)11(2)16(19)12-7-8-14(17)15(18)9-12/h3-9,13H,1-2H2. The topological polar surface area (TPSA) is 51.2 Å². The molecule has 0 N–H and O–H groups in total. The Labute approximate surface area is 111 Å². The van der Waals surface area contributed by atoms with Crippen LogP contribution in [-0.4, -0.2) is 17.3 Å². The van der Waals surface area contributed by atoms with E-state index in [1.807, 2.05) is 24.3 Å². The van der Waals surface area contributed by atoms with Gasteiger partial charge in [-0.1, -0.05) is 37.5 Å². The molecule has 0 saturated carbocycles. The van der Waals surface area contributed by atoms with Crippen molar-refractivity contribution in [3.8, 4) is 0 Å². The van der Waals surface area contributed by atoms with Crippen molar-refractivity contribution in [1.82, 2.24) is 0 Å². The summed E-state index contributed by atoms with van der Waals surface area (Å²) in [6, 6.07) is 0. The zero-order chi connectivity index (χ0) is 14.0. The first-order chi connectivity index (χ1) is 9.00. The molecular formula is C16H12O3. The number of hydrogen-bond donors (Lipinski definition) is 0. The number of carbonyl (C=O) groups is 3. The van der Waals surface area contributed by atoms with E-state index in [1.54, 1.807) is 0 Å². The van der Waals surface area contributed by atoms with Crippen LogP contribution in [-0.2, 0) is 14.4 Å². The van der Waals surface area contributed by atoms with Crippen molar-refractivity contribution in [2.24, 2.45) is 5.92 Å². The van der Waals surface area contributed by atoms with Crippen molar-refractivity contribution in [2.75, 3.05) is 0 Å². The van der Waals surface area contributed by atoms with Gasteiger partial charge in [-0.2, -0.15) is 0 Å². The highest BCUT2D eigenvalue weighted by molar-refractivity contribution is 6.47. The van der Waals surface area contributed by atoms with E-state index >= 15 is 0 Å². The molecule has 0 aliphatic heterocycles. The number of Topliss-reactive ketones (excluding diaryl/α,β-unsaturated/α-hetero) is 1. The largest absolute Gasteiger partial charge is 0.289 e. The van der Waals surface area contributed by atoms with Gasteiger partial charge in [-0.3, -0.25) is 14.4 Å². The second-order valence-corrected chi connectivity index (χ2v) is 4.31. The smallest absolute Gasteiger partial charge is 0.226 e. The molecule has 0 aromatic carbocycles. The fraction of sp³-hybridized carbons (Fsp3) is 0.0625. The molecule has 2 aliphatic rings. The molecule has 3 nitrogen and oxygen atoms in total. The van der Waals surface area contributed by atoms with Gasteiger partial charge < -0.3 is 0 Å². The molecule has 3 heteroatoms. The van der Waals surface area contributed by atoms with E-state index in [0.717, 1.165) is 17.7 Å². The lowest BCUT2D eigenvalue weighted by Crippen LogP contribution is -2.19. The zero-order valence-electron chi connectivity index (χ0n) is 10.3. The molecule has 0 spiro atoms. The van der Waals surface area contributed by atoms with Crippen molar-refractivity contribution in [3.05, 3.63) is 72.4 Å². The quantitative estimate of drug-likeness (QED) is 0.439. The normalized spacial score (nSPS) is 21.6. The Morgan fingerprint density at radius 1 is 1.05 bits per heavy atom. The van der Waals surface area contributed by atoms with Gasteiger partial charge in [0.25, 0.3) is 0 Å². The molecule has 2 rings (SSSR count). The summed E-state index contributed by atoms with van der Waals surface area (Å²) in [5.41, 5.74) is 1.29. The highest BCUT2D eigenvalue weighted by atomic mass is 16.2. The lowest BCUT2D eigenvalue weighted by molar-refractivity contribution is -0.131. The molecule has 19 heavy (non-hydrogen) atoms. The Morgan fingerprint density at radius 3 is 2.42 bits per heavy atom. The van der Waals surface area contributed by atoms with Crippen LogP contribution in [0.3, 0.4) is 0 Å². The summed E-state index contributed by atoms with van der Waals surface area (Å²) in [5.74, 6) is -1.91. The molecule has 0 saturated heterocycles. The third-order valence-electron chi connectivity index (χ3n) is 3.00. The molecular weight excluding hydrogens is 240 g/mol. The van der Waals surface area contributed by atoms with Crippen molar-refractivity contribution >= 4 is 17.3 Å². The number of allylic oxidation sites excluding steroid dienone is 10. The van der Waals surface area contributed by atoms with Gasteiger partial charge in [0.1, 0.15) is 0 Å². The fourth-order valence-electron chi connectivity index (χ4n) is 1.90. The minimum atomic E-state index is -0.684. The van der Waals surface area contributed by atoms with E-state index in [0.29, 0.717) is 5.57 Å². The average molecular weight is 252 g/mol. The predicted molar refractivity (Wildman–Crippen MR) is 72.3 cm³/mol. The van der Waals surface area contributed by atoms with Gasteiger partial charge in [0.15, 0.2) is 5.78 Å². The summed E-state index contributed by atoms with van der Waals surface area (Å²) >= 11 is 0. The Kier molecular flexibility index (Phi) is 3.38. The van der Waals surface area contributed by atoms with Crippen LogP contribution < -0.4 is 0 Å². The SMILES string of the molecule is C=C1C=CC=CC1C(=C)C(=O)C1=CC(=O)C(=O)C=C1. The van der Waals surface area contributed by atoms with Gasteiger partial charge in [0.2, 0.25) is 11.6 Å². The molecule has 0 amide bonds. The number of rotatable bonds is 3. The minimum Gasteiger partial charge on any atom is -0.289 e. The summed E-state index contributed by atoms with van der Waals surface area (Å²) in [7, 11) is 0. The molecule has 0 radical (unpaired) electrons. The molecule has 94 valence electrons. The van der Waals surface area contributed by atoms with E-state index in [9.17, 15) is 14.4 Å². The number of carbonyl (C=O) groups excluding carboxylic acids is 3. The summed E-state index contributed by atoms with van der Waals surface area (Å²) < 4.78 is 0. The molecule has 0 aromatic heterocycles. The molecule has 1 atom stereocenters. The van der Waals surface area contributed by atoms with Crippen LogP contribution in [0.1, 0.15) is 0 Å². The molecule has 0 heterocycles.